The molecule has 1 amide bonds. The standard InChI is InChI=1S/C16H13ClN2O2S/c1-21-12-4-2-3-10(7-12)9-18-15(20)13-8-11-5-6-14(17)19-16(11)22-13/h2-8H,9H2,1H3,(H,18,20). The smallest absolute Gasteiger partial charge is 0.261 e. The zero-order chi connectivity index (χ0) is 15.5. The zero-order valence-electron chi connectivity index (χ0n) is 11.8. The molecule has 0 bridgehead atoms. The molecule has 22 heavy (non-hydrogen) atoms. The van der Waals surface area contributed by atoms with Gasteiger partial charge in [-0.3, -0.25) is 4.79 Å². The van der Waals surface area contributed by atoms with Gasteiger partial charge in [-0.2, -0.15) is 0 Å². The van der Waals surface area contributed by atoms with E-state index in [1.165, 1.54) is 11.3 Å². The van der Waals surface area contributed by atoms with E-state index in [0.717, 1.165) is 21.5 Å². The molecule has 0 saturated carbocycles. The molecule has 0 spiro atoms. The molecule has 6 heteroatoms. The number of nitrogens with one attached hydrogen (secondary N) is 1. The van der Waals surface area contributed by atoms with E-state index in [9.17, 15) is 4.79 Å². The molecular formula is C16H13ClN2O2S. The number of halogens is 1. The predicted molar refractivity (Wildman–Crippen MR) is 88.8 cm³/mol. The second-order valence-electron chi connectivity index (χ2n) is 4.67. The average Bonchev–Trinajstić information content (AvgIpc) is 2.96. The lowest BCUT2D eigenvalue weighted by atomic mass is 10.2. The number of benzene rings is 1. The summed E-state index contributed by atoms with van der Waals surface area (Å²) in [5.41, 5.74) is 0.981. The minimum absolute atomic E-state index is 0.123. The molecule has 0 fully saturated rings. The summed E-state index contributed by atoms with van der Waals surface area (Å²) >= 11 is 7.19. The van der Waals surface area contributed by atoms with Gasteiger partial charge in [0.05, 0.1) is 12.0 Å². The van der Waals surface area contributed by atoms with E-state index in [2.05, 4.69) is 10.3 Å². The van der Waals surface area contributed by atoms with Crippen molar-refractivity contribution in [3.05, 3.63) is 58.1 Å². The van der Waals surface area contributed by atoms with Crippen LogP contribution in [0, 0.1) is 0 Å². The van der Waals surface area contributed by atoms with Crippen molar-refractivity contribution >= 4 is 39.1 Å². The molecule has 0 radical (unpaired) electrons. The third-order valence-electron chi connectivity index (χ3n) is 3.16. The van der Waals surface area contributed by atoms with Crippen LogP contribution < -0.4 is 10.1 Å². The van der Waals surface area contributed by atoms with E-state index in [-0.39, 0.29) is 5.91 Å². The van der Waals surface area contributed by atoms with Gasteiger partial charge in [-0.05, 0) is 35.9 Å². The lowest BCUT2D eigenvalue weighted by molar-refractivity contribution is 0.0955. The normalized spacial score (nSPS) is 10.6. The Morgan fingerprint density at radius 3 is 3.00 bits per heavy atom. The molecule has 0 aliphatic heterocycles. The van der Waals surface area contributed by atoms with Crippen LogP contribution in [-0.4, -0.2) is 18.0 Å². The van der Waals surface area contributed by atoms with E-state index in [1.807, 2.05) is 36.4 Å². The van der Waals surface area contributed by atoms with Crippen LogP contribution in [0.2, 0.25) is 5.15 Å². The summed E-state index contributed by atoms with van der Waals surface area (Å²) in [5.74, 6) is 0.648. The monoisotopic (exact) mass is 332 g/mol. The molecule has 2 heterocycles. The highest BCUT2D eigenvalue weighted by Gasteiger charge is 2.11. The van der Waals surface area contributed by atoms with Gasteiger partial charge >= 0.3 is 0 Å². The van der Waals surface area contributed by atoms with E-state index in [4.69, 9.17) is 16.3 Å². The first-order valence-electron chi connectivity index (χ1n) is 6.63. The Balaban J connectivity index is 1.72. The third-order valence-corrected chi connectivity index (χ3v) is 4.41. The van der Waals surface area contributed by atoms with Gasteiger partial charge in [-0.1, -0.05) is 23.7 Å². The zero-order valence-corrected chi connectivity index (χ0v) is 13.4. The molecule has 0 aliphatic carbocycles. The molecule has 2 aromatic heterocycles. The number of carbonyl (C=O) groups excluding carboxylic acids is 1. The molecule has 0 saturated heterocycles. The van der Waals surface area contributed by atoms with Gasteiger partial charge in [-0.15, -0.1) is 11.3 Å². The second kappa shape index (κ2) is 6.34. The molecule has 112 valence electrons. The number of hydrogen-bond acceptors (Lipinski definition) is 4. The van der Waals surface area contributed by atoms with Crippen molar-refractivity contribution in [3.8, 4) is 5.75 Å². The average molecular weight is 333 g/mol. The van der Waals surface area contributed by atoms with Crippen molar-refractivity contribution < 1.29 is 9.53 Å². The molecule has 0 atom stereocenters. The Hall–Kier alpha value is -2.11. The van der Waals surface area contributed by atoms with Gasteiger partial charge in [0.1, 0.15) is 15.7 Å². The molecule has 3 aromatic rings. The van der Waals surface area contributed by atoms with Crippen molar-refractivity contribution in [3.63, 3.8) is 0 Å². The number of thiophene rings is 1. The van der Waals surface area contributed by atoms with Gasteiger partial charge < -0.3 is 10.1 Å². The summed E-state index contributed by atoms with van der Waals surface area (Å²) in [7, 11) is 1.62. The van der Waals surface area contributed by atoms with Crippen LogP contribution in [0.3, 0.4) is 0 Å². The van der Waals surface area contributed by atoms with Crippen molar-refractivity contribution in [1.82, 2.24) is 10.3 Å². The Morgan fingerprint density at radius 1 is 1.32 bits per heavy atom. The third kappa shape index (κ3) is 3.21. The topological polar surface area (TPSA) is 51.2 Å². The molecule has 3 rings (SSSR count). The summed E-state index contributed by atoms with van der Waals surface area (Å²) in [6.45, 7) is 0.443. The number of pyridine rings is 1. The number of aromatic nitrogens is 1. The van der Waals surface area contributed by atoms with Crippen LogP contribution in [-0.2, 0) is 6.54 Å². The maximum absolute atomic E-state index is 12.2. The van der Waals surface area contributed by atoms with Crippen LogP contribution in [0.1, 0.15) is 15.2 Å². The van der Waals surface area contributed by atoms with Gasteiger partial charge in [-0.25, -0.2) is 4.98 Å². The number of carbonyl (C=O) groups is 1. The van der Waals surface area contributed by atoms with Crippen LogP contribution in [0.25, 0.3) is 10.2 Å². The van der Waals surface area contributed by atoms with Crippen LogP contribution in [0.4, 0.5) is 0 Å². The van der Waals surface area contributed by atoms with Crippen LogP contribution >= 0.6 is 22.9 Å². The van der Waals surface area contributed by atoms with Gasteiger partial charge in [0.2, 0.25) is 0 Å². The van der Waals surface area contributed by atoms with Gasteiger partial charge in [0.25, 0.3) is 5.91 Å². The van der Waals surface area contributed by atoms with Gasteiger partial charge in [0.15, 0.2) is 0 Å². The largest absolute Gasteiger partial charge is 0.497 e. The Labute approximate surface area is 136 Å². The first-order valence-corrected chi connectivity index (χ1v) is 7.82. The lowest BCUT2D eigenvalue weighted by Crippen LogP contribution is -2.21. The second-order valence-corrected chi connectivity index (χ2v) is 6.09. The highest BCUT2D eigenvalue weighted by atomic mass is 35.5. The molecular weight excluding hydrogens is 320 g/mol. The molecule has 4 nitrogen and oxygen atoms in total. The first-order chi connectivity index (χ1) is 10.7. The summed E-state index contributed by atoms with van der Waals surface area (Å²) < 4.78 is 5.17. The van der Waals surface area contributed by atoms with Gasteiger partial charge in [0, 0.05) is 11.9 Å². The van der Waals surface area contributed by atoms with Crippen molar-refractivity contribution in [2.75, 3.05) is 7.11 Å². The number of ether oxygens (including phenoxy) is 1. The maximum atomic E-state index is 12.2. The van der Waals surface area contributed by atoms with E-state index < -0.39 is 0 Å². The lowest BCUT2D eigenvalue weighted by Gasteiger charge is -2.05. The summed E-state index contributed by atoms with van der Waals surface area (Å²) in [6, 6.07) is 13.0. The molecule has 1 aromatic carbocycles. The SMILES string of the molecule is COc1cccc(CNC(=O)c2cc3ccc(Cl)nc3s2)c1. The van der Waals surface area contributed by atoms with Crippen LogP contribution in [0.15, 0.2) is 42.5 Å². The number of amides is 1. The first kappa shape index (κ1) is 14.8. The predicted octanol–water partition coefficient (Wildman–Crippen LogP) is 3.89. The fourth-order valence-electron chi connectivity index (χ4n) is 2.06. The molecule has 1 N–H and O–H groups in total. The van der Waals surface area contributed by atoms with E-state index >= 15 is 0 Å². The van der Waals surface area contributed by atoms with Crippen LogP contribution in [0.5, 0.6) is 5.75 Å². The highest BCUT2D eigenvalue weighted by Crippen LogP contribution is 2.25. The van der Waals surface area contributed by atoms with Crippen molar-refractivity contribution in [2.24, 2.45) is 0 Å². The highest BCUT2D eigenvalue weighted by molar-refractivity contribution is 7.20. The molecule has 0 aliphatic rings. The minimum Gasteiger partial charge on any atom is -0.497 e. The number of hydrogen-bond donors (Lipinski definition) is 1. The number of rotatable bonds is 4. The molecule has 0 unspecified atom stereocenters. The van der Waals surface area contributed by atoms with Crippen molar-refractivity contribution in [1.29, 1.82) is 0 Å². The summed E-state index contributed by atoms with van der Waals surface area (Å²) in [6.07, 6.45) is 0. The minimum atomic E-state index is -0.123. The Kier molecular flexibility index (Phi) is 4.27. The quantitative estimate of drug-likeness (QED) is 0.737. The summed E-state index contributed by atoms with van der Waals surface area (Å²) in [5, 5.41) is 4.24. The van der Waals surface area contributed by atoms with Crippen molar-refractivity contribution in [2.45, 2.75) is 6.54 Å². The number of nitrogens with zero attached hydrogens (tertiary/aromatic N) is 1. The Morgan fingerprint density at radius 2 is 2.18 bits per heavy atom. The van der Waals surface area contributed by atoms with E-state index in [1.54, 1.807) is 13.2 Å². The Bertz CT molecular complexity index is 832. The number of methoxy groups -OCH3 is 1. The summed E-state index contributed by atoms with van der Waals surface area (Å²) in [4.78, 5) is 17.8. The fraction of sp³-hybridized carbons (Fsp3) is 0.125. The fourth-order valence-corrected chi connectivity index (χ4v) is 3.20. The van der Waals surface area contributed by atoms with E-state index in [0.29, 0.717) is 16.6 Å². The maximum Gasteiger partial charge on any atom is 0.261 e. The number of fused-ring (bicyclic) bond motifs is 1.